The van der Waals surface area contributed by atoms with E-state index in [9.17, 15) is 9.90 Å². The molecule has 3 aromatic rings. The molecule has 1 atom stereocenters. The van der Waals surface area contributed by atoms with Crippen molar-refractivity contribution in [2.75, 3.05) is 7.11 Å². The summed E-state index contributed by atoms with van der Waals surface area (Å²) < 4.78 is 5.63. The van der Waals surface area contributed by atoms with Crippen LogP contribution in [0.3, 0.4) is 0 Å². The Labute approximate surface area is 183 Å². The summed E-state index contributed by atoms with van der Waals surface area (Å²) in [5.74, 6) is 0.0305. The van der Waals surface area contributed by atoms with Gasteiger partial charge in [0.25, 0.3) is 0 Å². The number of hydrazone groups is 1. The van der Waals surface area contributed by atoms with E-state index in [1.54, 1.807) is 12.1 Å². The number of hydrogen-bond acceptors (Lipinski definition) is 4. The van der Waals surface area contributed by atoms with Crippen LogP contribution in [-0.2, 0) is 10.2 Å². The molecule has 1 aliphatic carbocycles. The topological polar surface area (TPSA) is 70.9 Å². The predicted octanol–water partition coefficient (Wildman–Crippen LogP) is 4.62. The third-order valence-electron chi connectivity index (χ3n) is 5.51. The van der Waals surface area contributed by atoms with Crippen LogP contribution < -0.4 is 10.2 Å². The zero-order chi connectivity index (χ0) is 21.1. The molecule has 1 unspecified atom stereocenters. The number of hydrogen-bond donors (Lipinski definition) is 2. The van der Waals surface area contributed by atoms with Crippen molar-refractivity contribution in [3.05, 3.63) is 94.0 Å². The minimum absolute atomic E-state index is 0.0205. The first kappa shape index (κ1) is 20.2. The lowest BCUT2D eigenvalue weighted by atomic mass is 9.85. The molecule has 1 fully saturated rings. The van der Waals surface area contributed by atoms with E-state index in [4.69, 9.17) is 4.74 Å². The Hall–Kier alpha value is -3.12. The molecule has 4 rings (SSSR count). The summed E-state index contributed by atoms with van der Waals surface area (Å²) in [4.78, 5) is 12.9. The lowest BCUT2D eigenvalue weighted by Crippen LogP contribution is -2.25. The van der Waals surface area contributed by atoms with Crippen LogP contribution in [0.4, 0.5) is 0 Å². The van der Waals surface area contributed by atoms with Crippen LogP contribution in [-0.4, -0.2) is 24.3 Å². The number of amides is 1. The fraction of sp³-hybridized carbons (Fsp3) is 0.167. The van der Waals surface area contributed by atoms with Crippen molar-refractivity contribution < 1.29 is 14.6 Å². The van der Waals surface area contributed by atoms with E-state index in [1.165, 1.54) is 13.3 Å². The van der Waals surface area contributed by atoms with Crippen molar-refractivity contribution in [2.24, 2.45) is 11.0 Å². The molecule has 2 N–H and O–H groups in total. The molecule has 0 spiro atoms. The number of nitrogens with one attached hydrogen (secondary N) is 1. The third kappa shape index (κ3) is 3.71. The van der Waals surface area contributed by atoms with Gasteiger partial charge in [-0.1, -0.05) is 60.7 Å². The van der Waals surface area contributed by atoms with Crippen molar-refractivity contribution in [1.82, 2.24) is 5.43 Å². The van der Waals surface area contributed by atoms with E-state index >= 15 is 0 Å². The smallest absolute Gasteiger partial charge is 0.244 e. The molecule has 0 saturated heterocycles. The number of nitrogens with zero attached hydrogens (tertiary/aromatic N) is 1. The molecule has 1 amide bonds. The molecule has 0 aromatic heterocycles. The summed E-state index contributed by atoms with van der Waals surface area (Å²) in [5.41, 5.74) is 5.29. The van der Waals surface area contributed by atoms with Gasteiger partial charge in [-0.25, -0.2) is 5.43 Å². The first-order valence-corrected chi connectivity index (χ1v) is 10.4. The summed E-state index contributed by atoms with van der Waals surface area (Å²) >= 11 is 3.28. The van der Waals surface area contributed by atoms with E-state index in [1.807, 2.05) is 36.4 Å². The van der Waals surface area contributed by atoms with Gasteiger partial charge in [-0.15, -0.1) is 0 Å². The summed E-state index contributed by atoms with van der Waals surface area (Å²) in [6.45, 7) is 0. The summed E-state index contributed by atoms with van der Waals surface area (Å²) in [6, 6.07) is 23.6. The number of benzene rings is 3. The largest absolute Gasteiger partial charge is 0.503 e. The minimum Gasteiger partial charge on any atom is -0.503 e. The highest BCUT2D eigenvalue weighted by atomic mass is 79.9. The molecule has 1 aliphatic rings. The molecule has 0 heterocycles. The predicted molar refractivity (Wildman–Crippen MR) is 120 cm³/mol. The van der Waals surface area contributed by atoms with Gasteiger partial charge in [-0.05, 0) is 51.2 Å². The van der Waals surface area contributed by atoms with Crippen molar-refractivity contribution in [1.29, 1.82) is 0 Å². The molecule has 1 saturated carbocycles. The molecular weight excluding hydrogens is 444 g/mol. The maximum atomic E-state index is 12.9. The first-order chi connectivity index (χ1) is 14.6. The monoisotopic (exact) mass is 464 g/mol. The van der Waals surface area contributed by atoms with E-state index in [-0.39, 0.29) is 23.0 Å². The van der Waals surface area contributed by atoms with E-state index < -0.39 is 0 Å². The van der Waals surface area contributed by atoms with Crippen LogP contribution in [0, 0.1) is 5.92 Å². The van der Waals surface area contributed by atoms with E-state index in [0.717, 1.165) is 17.5 Å². The Morgan fingerprint density at radius 1 is 1.13 bits per heavy atom. The molecular formula is C24H21BrN2O3. The Balaban J connectivity index is 1.53. The minimum atomic E-state index is -0.326. The van der Waals surface area contributed by atoms with Crippen LogP contribution >= 0.6 is 15.9 Å². The Bertz CT molecular complexity index is 1040. The summed E-state index contributed by atoms with van der Waals surface area (Å²) in [6.07, 6.45) is 2.26. The number of phenols is 1. The van der Waals surface area contributed by atoms with Gasteiger partial charge in [0.2, 0.25) is 5.91 Å². The number of methoxy groups -OCH3 is 1. The number of phenolic OH excluding ortho intramolecular Hbond substituents is 1. The molecule has 30 heavy (non-hydrogen) atoms. The van der Waals surface area contributed by atoms with Crippen LogP contribution in [0.25, 0.3) is 0 Å². The van der Waals surface area contributed by atoms with Crippen molar-refractivity contribution in [3.8, 4) is 11.5 Å². The first-order valence-electron chi connectivity index (χ1n) is 9.56. The maximum Gasteiger partial charge on any atom is 0.244 e. The van der Waals surface area contributed by atoms with Crippen molar-refractivity contribution >= 4 is 28.1 Å². The average molecular weight is 465 g/mol. The van der Waals surface area contributed by atoms with Crippen molar-refractivity contribution in [3.63, 3.8) is 0 Å². The maximum absolute atomic E-state index is 12.9. The van der Waals surface area contributed by atoms with Crippen LogP contribution in [0.2, 0.25) is 0 Å². The zero-order valence-corrected chi connectivity index (χ0v) is 18.0. The fourth-order valence-corrected chi connectivity index (χ4v) is 4.39. The number of rotatable bonds is 6. The molecule has 5 nitrogen and oxygen atoms in total. The number of halogens is 1. The van der Waals surface area contributed by atoms with Gasteiger partial charge >= 0.3 is 0 Å². The normalized spacial score (nSPS) is 16.9. The second-order valence-electron chi connectivity index (χ2n) is 7.25. The fourth-order valence-electron chi connectivity index (χ4n) is 3.93. The van der Waals surface area contributed by atoms with Gasteiger partial charge in [0.1, 0.15) is 0 Å². The lowest BCUT2D eigenvalue weighted by Gasteiger charge is -2.18. The van der Waals surface area contributed by atoms with Crippen LogP contribution in [0.1, 0.15) is 23.1 Å². The third-order valence-corrected chi connectivity index (χ3v) is 6.12. The molecule has 6 heteroatoms. The van der Waals surface area contributed by atoms with Gasteiger partial charge in [0.15, 0.2) is 11.5 Å². The number of carbonyl (C=O) groups excluding carboxylic acids is 1. The number of aromatic hydroxyl groups is 1. The summed E-state index contributed by atoms with van der Waals surface area (Å²) in [5, 5.41) is 14.0. The standard InChI is InChI=1S/C24H21BrN2O3/c1-30-21-13-16(12-20(25)22(21)28)15-26-27-23(29)19-14-24(19,17-8-4-2-5-9-17)18-10-6-3-7-11-18/h2-13,15,19,28H,14H2,1H3,(H,27,29)/b26-15+. The highest BCUT2D eigenvalue weighted by molar-refractivity contribution is 9.10. The highest BCUT2D eigenvalue weighted by Gasteiger charge is 2.60. The zero-order valence-electron chi connectivity index (χ0n) is 16.4. The molecule has 0 radical (unpaired) electrons. The second kappa shape index (κ2) is 8.32. The Morgan fingerprint density at radius 2 is 1.73 bits per heavy atom. The number of ether oxygens (including phenoxy) is 1. The molecule has 152 valence electrons. The van der Waals surface area contributed by atoms with Crippen LogP contribution in [0.15, 0.2) is 82.4 Å². The molecule has 0 bridgehead atoms. The van der Waals surface area contributed by atoms with Gasteiger partial charge in [-0.3, -0.25) is 4.79 Å². The van der Waals surface area contributed by atoms with E-state index in [2.05, 4.69) is 50.7 Å². The Morgan fingerprint density at radius 3 is 2.30 bits per heavy atom. The Kier molecular flexibility index (Phi) is 5.59. The van der Waals surface area contributed by atoms with Gasteiger partial charge in [0, 0.05) is 5.41 Å². The van der Waals surface area contributed by atoms with E-state index in [0.29, 0.717) is 15.8 Å². The van der Waals surface area contributed by atoms with Gasteiger partial charge < -0.3 is 9.84 Å². The highest BCUT2D eigenvalue weighted by Crippen LogP contribution is 2.58. The van der Waals surface area contributed by atoms with Gasteiger partial charge in [0.05, 0.1) is 23.7 Å². The van der Waals surface area contributed by atoms with Crippen molar-refractivity contribution in [2.45, 2.75) is 11.8 Å². The number of carbonyl (C=O) groups is 1. The quantitative estimate of drug-likeness (QED) is 0.412. The summed E-state index contributed by atoms with van der Waals surface area (Å²) in [7, 11) is 1.48. The lowest BCUT2D eigenvalue weighted by molar-refractivity contribution is -0.122. The SMILES string of the molecule is COc1cc(/C=N/NC(=O)C2CC2(c2ccccc2)c2ccccc2)cc(Br)c1O. The average Bonchev–Trinajstić information content (AvgIpc) is 3.54. The molecule has 0 aliphatic heterocycles. The van der Waals surface area contributed by atoms with Crippen LogP contribution in [0.5, 0.6) is 11.5 Å². The second-order valence-corrected chi connectivity index (χ2v) is 8.10. The molecule has 3 aromatic carbocycles. The van der Waals surface area contributed by atoms with Gasteiger partial charge in [-0.2, -0.15) is 5.10 Å².